The van der Waals surface area contributed by atoms with Crippen LogP contribution in [0.5, 0.6) is 5.75 Å². The first-order valence-electron chi connectivity index (χ1n) is 23.1. The summed E-state index contributed by atoms with van der Waals surface area (Å²) in [7, 11) is 5.75. The molecule has 10 rings (SSSR count). The summed E-state index contributed by atoms with van der Waals surface area (Å²) in [5.74, 6) is -0.578. The van der Waals surface area contributed by atoms with Crippen molar-refractivity contribution in [3.8, 4) is 17.0 Å². The van der Waals surface area contributed by atoms with E-state index in [4.69, 9.17) is 9.84 Å². The summed E-state index contributed by atoms with van der Waals surface area (Å²) in [6, 6.07) is 14.4. The van der Waals surface area contributed by atoms with E-state index < -0.39 is 23.8 Å². The largest absolute Gasteiger partial charge is 0.494 e. The lowest BCUT2D eigenvalue weighted by Crippen LogP contribution is -2.54. The van der Waals surface area contributed by atoms with Crippen molar-refractivity contribution in [2.75, 3.05) is 37.9 Å². The number of aryl methyl sites for hydroxylation is 1. The van der Waals surface area contributed by atoms with Crippen molar-refractivity contribution in [1.29, 1.82) is 0 Å². The fourth-order valence-electron chi connectivity index (χ4n) is 11.4. The summed E-state index contributed by atoms with van der Waals surface area (Å²) < 4.78 is 9.51. The average Bonchev–Trinajstić information content (AvgIpc) is 4.00. The predicted molar refractivity (Wildman–Crippen MR) is 243 cm³/mol. The van der Waals surface area contributed by atoms with Crippen molar-refractivity contribution in [3.05, 3.63) is 83.9 Å². The van der Waals surface area contributed by atoms with E-state index in [1.165, 1.54) is 25.7 Å². The molecule has 3 saturated carbocycles. The molecule has 2 aliphatic heterocycles. The number of pyridine rings is 1. The number of ether oxygens (including phenoxy) is 1. The fourth-order valence-corrected chi connectivity index (χ4v) is 11.4. The first-order valence-corrected chi connectivity index (χ1v) is 23.1. The number of hydrogen-bond donors (Lipinski definition) is 3. The molecule has 0 radical (unpaired) electrons. The molecule has 3 N–H and O–H groups in total. The molecule has 3 aliphatic carbocycles. The lowest BCUT2D eigenvalue weighted by molar-refractivity contribution is -0.136. The number of methoxy groups -OCH3 is 1. The number of rotatable bonds is 12. The van der Waals surface area contributed by atoms with E-state index in [1.807, 2.05) is 43.6 Å². The van der Waals surface area contributed by atoms with Gasteiger partial charge >= 0.3 is 0 Å². The fraction of sp³-hybridized carbons (Fsp3) is 0.469. The van der Waals surface area contributed by atoms with Crippen LogP contribution in [-0.2, 0) is 16.6 Å². The van der Waals surface area contributed by atoms with E-state index in [0.29, 0.717) is 69.0 Å². The Morgan fingerprint density at radius 2 is 1.71 bits per heavy atom. The van der Waals surface area contributed by atoms with Crippen molar-refractivity contribution < 1.29 is 28.7 Å². The van der Waals surface area contributed by atoms with Gasteiger partial charge in [0.1, 0.15) is 17.5 Å². The van der Waals surface area contributed by atoms with Gasteiger partial charge in [-0.1, -0.05) is 12.1 Å². The number of imide groups is 2. The minimum atomic E-state index is -0.975. The summed E-state index contributed by atoms with van der Waals surface area (Å²) in [6.45, 7) is 1.84. The third-order valence-electron chi connectivity index (χ3n) is 14.9. The van der Waals surface area contributed by atoms with Gasteiger partial charge in [0.25, 0.3) is 17.7 Å². The molecule has 5 aliphatic rings. The van der Waals surface area contributed by atoms with Crippen LogP contribution in [-0.4, -0.2) is 103 Å². The van der Waals surface area contributed by atoms with Gasteiger partial charge in [-0.05, 0) is 125 Å². The van der Waals surface area contributed by atoms with Crippen molar-refractivity contribution in [1.82, 2.24) is 39.7 Å². The van der Waals surface area contributed by atoms with Crippen molar-refractivity contribution in [3.63, 3.8) is 0 Å². The highest BCUT2D eigenvalue weighted by molar-refractivity contribution is 6.25. The Bertz CT molecular complexity index is 2680. The monoisotopic (exact) mass is 880 g/mol. The molecule has 338 valence electrons. The number of carbonyl (C=O) groups is 5. The summed E-state index contributed by atoms with van der Waals surface area (Å²) >= 11 is 0. The second kappa shape index (κ2) is 17.2. The maximum atomic E-state index is 13.5. The van der Waals surface area contributed by atoms with Gasteiger partial charge in [0, 0.05) is 67.7 Å². The van der Waals surface area contributed by atoms with Crippen LogP contribution in [0, 0.1) is 17.3 Å². The average molecular weight is 881 g/mol. The van der Waals surface area contributed by atoms with Gasteiger partial charge in [0.05, 0.1) is 47.4 Å². The molecule has 65 heavy (non-hydrogen) atoms. The maximum absolute atomic E-state index is 13.5. The second-order valence-corrected chi connectivity index (χ2v) is 19.2. The molecule has 5 heterocycles. The van der Waals surface area contributed by atoms with Gasteiger partial charge in [-0.25, -0.2) is 4.98 Å². The van der Waals surface area contributed by atoms with Gasteiger partial charge in [-0.3, -0.25) is 43.6 Å². The molecule has 1 atom stereocenters. The number of anilines is 2. The van der Waals surface area contributed by atoms with Gasteiger partial charge in [0.2, 0.25) is 11.8 Å². The molecular weight excluding hydrogens is 825 g/mol. The summed E-state index contributed by atoms with van der Waals surface area (Å²) in [6.07, 6.45) is 17.6. The molecule has 3 aromatic heterocycles. The molecule has 0 bridgehead atoms. The van der Waals surface area contributed by atoms with E-state index in [0.717, 1.165) is 73.0 Å². The molecule has 16 heteroatoms. The molecule has 1 saturated heterocycles. The number of piperidine rings is 1. The molecule has 1 spiro atoms. The van der Waals surface area contributed by atoms with Crippen LogP contribution in [0.3, 0.4) is 0 Å². The topological polar surface area (TPSA) is 186 Å². The van der Waals surface area contributed by atoms with Crippen LogP contribution in [0.25, 0.3) is 22.2 Å². The van der Waals surface area contributed by atoms with Crippen LogP contribution in [0.2, 0.25) is 0 Å². The highest BCUT2D eigenvalue weighted by Crippen LogP contribution is 2.55. The molecule has 1 unspecified atom stereocenters. The number of benzene rings is 2. The molecule has 16 nitrogen and oxygen atoms in total. The van der Waals surface area contributed by atoms with Crippen LogP contribution < -0.4 is 20.7 Å². The Balaban J connectivity index is 0.679. The quantitative estimate of drug-likeness (QED) is 0.115. The molecule has 5 amide bonds. The highest BCUT2D eigenvalue weighted by atomic mass is 16.5. The van der Waals surface area contributed by atoms with Crippen molar-refractivity contribution in [2.45, 2.75) is 95.2 Å². The van der Waals surface area contributed by atoms with E-state index in [9.17, 15) is 24.0 Å². The number of nitrogens with one attached hydrogen (secondary N) is 3. The number of hydrogen-bond acceptors (Lipinski definition) is 11. The first-order chi connectivity index (χ1) is 31.4. The molecule has 5 aromatic rings. The lowest BCUT2D eigenvalue weighted by Gasteiger charge is -2.53. The Morgan fingerprint density at radius 3 is 2.45 bits per heavy atom. The third-order valence-corrected chi connectivity index (χ3v) is 14.9. The Labute approximate surface area is 377 Å². The van der Waals surface area contributed by atoms with Gasteiger partial charge in [-0.2, -0.15) is 10.2 Å². The van der Waals surface area contributed by atoms with E-state index in [-0.39, 0.29) is 24.7 Å². The molecule has 4 fully saturated rings. The minimum Gasteiger partial charge on any atom is -0.494 e. The summed E-state index contributed by atoms with van der Waals surface area (Å²) in [5.41, 5.74) is 4.85. The predicted octanol–water partition coefficient (Wildman–Crippen LogP) is 6.61. The SMILES string of the molecule is COc1cc2nn([C@H]3CC[C@H](CN(C)C4CCC5(CC4)CC(CNc4cccc6c4C(=O)N(C4CCC(=O)NC4=O)C6=O)C5)CC3)cc2cc1NC(=O)c1cccc(-c2cnn(C)c2)n1. The third kappa shape index (κ3) is 8.28. The Kier molecular flexibility index (Phi) is 11.2. The highest BCUT2D eigenvalue weighted by Gasteiger charge is 2.48. The Hall–Kier alpha value is -6.42. The van der Waals surface area contributed by atoms with Crippen LogP contribution in [0.4, 0.5) is 11.4 Å². The van der Waals surface area contributed by atoms with Crippen LogP contribution >= 0.6 is 0 Å². The van der Waals surface area contributed by atoms with Crippen molar-refractivity contribution >= 4 is 51.8 Å². The molecule has 2 aromatic carbocycles. The van der Waals surface area contributed by atoms with Crippen LogP contribution in [0.1, 0.15) is 114 Å². The second-order valence-electron chi connectivity index (χ2n) is 19.2. The van der Waals surface area contributed by atoms with E-state index >= 15 is 0 Å². The van der Waals surface area contributed by atoms with Gasteiger partial charge in [-0.15, -0.1) is 0 Å². The number of aromatic nitrogens is 5. The summed E-state index contributed by atoms with van der Waals surface area (Å²) in [5, 5.41) is 18.9. The maximum Gasteiger partial charge on any atom is 0.274 e. The summed E-state index contributed by atoms with van der Waals surface area (Å²) in [4.78, 5) is 72.7. The first kappa shape index (κ1) is 42.5. The lowest BCUT2D eigenvalue weighted by atomic mass is 9.55. The van der Waals surface area contributed by atoms with Gasteiger partial charge < -0.3 is 20.3 Å². The van der Waals surface area contributed by atoms with Crippen LogP contribution in [0.15, 0.2) is 67.1 Å². The Morgan fingerprint density at radius 1 is 0.923 bits per heavy atom. The van der Waals surface area contributed by atoms with E-state index in [2.05, 4.69) is 48.9 Å². The number of amides is 5. The van der Waals surface area contributed by atoms with Crippen molar-refractivity contribution in [2.24, 2.45) is 24.3 Å². The number of carbonyl (C=O) groups excluding carboxylic acids is 5. The van der Waals surface area contributed by atoms with E-state index in [1.54, 1.807) is 36.2 Å². The normalized spacial score (nSPS) is 25.5. The zero-order valence-electron chi connectivity index (χ0n) is 37.2. The number of fused-ring (bicyclic) bond motifs is 2. The van der Waals surface area contributed by atoms with Gasteiger partial charge in [0.15, 0.2) is 0 Å². The minimum absolute atomic E-state index is 0.0955. The smallest absolute Gasteiger partial charge is 0.274 e. The zero-order chi connectivity index (χ0) is 45.0. The zero-order valence-corrected chi connectivity index (χ0v) is 37.2. The molecular formula is C49H56N10O6. The standard InChI is InChI=1S/C49H56N10O6/c1-56(33-16-18-49(19-17-33)22-30(23-49)24-50-37-8-4-6-35-44(37)48(64)59(47(35)63)41-14-15-43(60)54-46(41)62)26-29-10-12-34(13-11-29)58-28-31-20-40(42(65-3)21-39(31)55-58)53-45(61)38-9-5-7-36(52-38)32-25-51-57(2)27-32/h4-9,20-21,25,27-30,33-34,41,50H,10-19,22-24,26H2,1-3H3,(H,53,61)(H,54,60,62)/t29-,30?,33?,34-,41?,49?. The number of nitrogens with zero attached hydrogens (tertiary/aromatic N) is 7.